The predicted molar refractivity (Wildman–Crippen MR) is 108 cm³/mol. The van der Waals surface area contributed by atoms with Crippen LogP contribution in [0.1, 0.15) is 34.8 Å². The van der Waals surface area contributed by atoms with E-state index >= 15 is 0 Å². The number of nitrogens with one attached hydrogen (secondary N) is 1. The van der Waals surface area contributed by atoms with Crippen LogP contribution >= 0.6 is 0 Å². The van der Waals surface area contributed by atoms with Crippen molar-refractivity contribution in [2.45, 2.75) is 32.1 Å². The average molecular weight is 387 g/mol. The summed E-state index contributed by atoms with van der Waals surface area (Å²) in [7, 11) is -3.62. The highest BCUT2D eigenvalue weighted by molar-refractivity contribution is 7.89. The minimum absolute atomic E-state index is 0.138. The Bertz CT molecular complexity index is 954. The van der Waals surface area contributed by atoms with Gasteiger partial charge in [0, 0.05) is 30.9 Å². The Morgan fingerprint density at radius 2 is 1.93 bits per heavy atom. The van der Waals surface area contributed by atoms with Gasteiger partial charge < -0.3 is 4.90 Å². The van der Waals surface area contributed by atoms with Crippen LogP contribution in [0, 0.1) is 19.8 Å². The molecule has 1 saturated heterocycles. The van der Waals surface area contributed by atoms with E-state index in [-0.39, 0.29) is 16.6 Å². The van der Waals surface area contributed by atoms with Crippen molar-refractivity contribution in [2.24, 2.45) is 5.92 Å². The molecule has 1 aliphatic heterocycles. The van der Waals surface area contributed by atoms with Crippen LogP contribution < -0.4 is 9.62 Å². The summed E-state index contributed by atoms with van der Waals surface area (Å²) in [6, 6.07) is 12.6. The van der Waals surface area contributed by atoms with E-state index in [0.717, 1.165) is 19.5 Å². The summed E-state index contributed by atoms with van der Waals surface area (Å²) in [6.45, 7) is 7.79. The highest BCUT2D eigenvalue weighted by Gasteiger charge is 2.25. The second-order valence-electron chi connectivity index (χ2n) is 7.31. The van der Waals surface area contributed by atoms with Gasteiger partial charge in [-0.25, -0.2) is 13.1 Å². The summed E-state index contributed by atoms with van der Waals surface area (Å²) >= 11 is 0. The molecule has 144 valence electrons. The molecule has 0 saturated carbocycles. The molecule has 2 aromatic rings. The lowest BCUT2D eigenvalue weighted by atomic mass is 10.1. The number of hydrogen-bond acceptors (Lipinski definition) is 4. The fraction of sp³-hybridized carbons (Fsp3) is 0.381. The number of sulfonamides is 1. The van der Waals surface area contributed by atoms with Gasteiger partial charge in [-0.05, 0) is 68.5 Å². The van der Waals surface area contributed by atoms with Crippen LogP contribution in [0.5, 0.6) is 0 Å². The molecule has 1 unspecified atom stereocenters. The van der Waals surface area contributed by atoms with E-state index in [1.165, 1.54) is 35.9 Å². The normalized spacial score (nSPS) is 17.3. The number of rotatable bonds is 6. The van der Waals surface area contributed by atoms with E-state index in [9.17, 15) is 13.2 Å². The molecule has 1 fully saturated rings. The number of ketones is 1. The van der Waals surface area contributed by atoms with Crippen LogP contribution in [0.25, 0.3) is 0 Å². The quantitative estimate of drug-likeness (QED) is 0.774. The largest absolute Gasteiger partial charge is 0.371 e. The molecule has 0 aliphatic carbocycles. The molecule has 0 radical (unpaired) electrons. The van der Waals surface area contributed by atoms with Crippen molar-refractivity contribution in [1.82, 2.24) is 4.72 Å². The zero-order chi connectivity index (χ0) is 19.6. The first-order valence-electron chi connectivity index (χ1n) is 9.19. The smallest absolute Gasteiger partial charge is 0.240 e. The van der Waals surface area contributed by atoms with Crippen molar-refractivity contribution in [3.8, 4) is 0 Å². The summed E-state index contributed by atoms with van der Waals surface area (Å²) < 4.78 is 27.8. The maximum atomic E-state index is 12.6. The summed E-state index contributed by atoms with van der Waals surface area (Å²) in [5, 5.41) is 0. The van der Waals surface area contributed by atoms with Crippen molar-refractivity contribution in [2.75, 3.05) is 24.5 Å². The minimum Gasteiger partial charge on any atom is -0.371 e. The fourth-order valence-electron chi connectivity index (χ4n) is 3.35. The second-order valence-corrected chi connectivity index (χ2v) is 9.07. The molecule has 6 heteroatoms. The second kappa shape index (κ2) is 7.82. The van der Waals surface area contributed by atoms with E-state index in [4.69, 9.17) is 0 Å². The number of carbonyl (C=O) groups is 1. The zero-order valence-corrected chi connectivity index (χ0v) is 16.8. The standard InChI is InChI=1S/C21H26N2O3S/c1-15-7-8-20(11-16(15)2)23-10-9-18(14-23)13-22-27(25,26)21-6-4-5-19(12-21)17(3)24/h4-8,11-12,18,22H,9-10,13-14H2,1-3H3. The van der Waals surface area contributed by atoms with Crippen LogP contribution in [0.15, 0.2) is 47.4 Å². The summed E-state index contributed by atoms with van der Waals surface area (Å²) in [5.74, 6) is 0.115. The first-order valence-corrected chi connectivity index (χ1v) is 10.7. The van der Waals surface area contributed by atoms with Crippen molar-refractivity contribution >= 4 is 21.5 Å². The van der Waals surface area contributed by atoms with Crippen LogP contribution in [0.2, 0.25) is 0 Å². The Kier molecular flexibility index (Phi) is 5.67. The maximum absolute atomic E-state index is 12.6. The number of carbonyl (C=O) groups excluding carboxylic acids is 1. The van der Waals surface area contributed by atoms with Crippen molar-refractivity contribution in [3.05, 3.63) is 59.2 Å². The Labute approximate surface area is 161 Å². The van der Waals surface area contributed by atoms with Gasteiger partial charge in [-0.15, -0.1) is 0 Å². The van der Waals surface area contributed by atoms with E-state index < -0.39 is 10.0 Å². The van der Waals surface area contributed by atoms with Crippen molar-refractivity contribution in [1.29, 1.82) is 0 Å². The molecule has 0 bridgehead atoms. The van der Waals surface area contributed by atoms with E-state index in [2.05, 4.69) is 41.7 Å². The molecule has 1 atom stereocenters. The third-order valence-corrected chi connectivity index (χ3v) is 6.68. The summed E-state index contributed by atoms with van der Waals surface area (Å²) in [6.07, 6.45) is 0.947. The molecule has 0 amide bonds. The summed E-state index contributed by atoms with van der Waals surface area (Å²) in [4.78, 5) is 13.9. The molecule has 3 rings (SSSR count). The molecular weight excluding hydrogens is 360 g/mol. The van der Waals surface area contributed by atoms with Crippen molar-refractivity contribution in [3.63, 3.8) is 0 Å². The van der Waals surface area contributed by atoms with Gasteiger partial charge in [0.15, 0.2) is 5.78 Å². The van der Waals surface area contributed by atoms with Crippen LogP contribution in [0.3, 0.4) is 0 Å². The van der Waals surface area contributed by atoms with Gasteiger partial charge >= 0.3 is 0 Å². The Balaban J connectivity index is 1.62. The monoisotopic (exact) mass is 386 g/mol. The fourth-order valence-corrected chi connectivity index (χ4v) is 4.51. The molecule has 2 aromatic carbocycles. The van der Waals surface area contributed by atoms with E-state index in [1.807, 2.05) is 0 Å². The molecule has 1 aliphatic rings. The molecular formula is C21H26N2O3S. The zero-order valence-electron chi connectivity index (χ0n) is 16.0. The number of anilines is 1. The van der Waals surface area contributed by atoms with Crippen LogP contribution in [-0.2, 0) is 10.0 Å². The molecule has 27 heavy (non-hydrogen) atoms. The lowest BCUT2D eigenvalue weighted by molar-refractivity contribution is 0.101. The van der Waals surface area contributed by atoms with E-state index in [1.54, 1.807) is 12.1 Å². The van der Waals surface area contributed by atoms with Gasteiger partial charge in [0.2, 0.25) is 10.0 Å². The SMILES string of the molecule is CC(=O)c1cccc(S(=O)(=O)NCC2CCN(c3ccc(C)c(C)c3)C2)c1. The lowest BCUT2D eigenvalue weighted by Gasteiger charge is -2.20. The molecule has 5 nitrogen and oxygen atoms in total. The first kappa shape index (κ1) is 19.6. The van der Waals surface area contributed by atoms with Gasteiger partial charge in [-0.3, -0.25) is 4.79 Å². The van der Waals surface area contributed by atoms with E-state index in [0.29, 0.717) is 12.1 Å². The van der Waals surface area contributed by atoms with Gasteiger partial charge in [-0.2, -0.15) is 0 Å². The molecule has 0 aromatic heterocycles. The van der Waals surface area contributed by atoms with Crippen LogP contribution in [0.4, 0.5) is 5.69 Å². The Morgan fingerprint density at radius 3 is 2.63 bits per heavy atom. The predicted octanol–water partition coefficient (Wildman–Crippen LogP) is 3.31. The first-order chi connectivity index (χ1) is 12.8. The minimum atomic E-state index is -3.62. The molecule has 0 spiro atoms. The molecule has 1 heterocycles. The Hall–Kier alpha value is -2.18. The third-order valence-electron chi connectivity index (χ3n) is 5.25. The maximum Gasteiger partial charge on any atom is 0.240 e. The topological polar surface area (TPSA) is 66.5 Å². The number of benzene rings is 2. The van der Waals surface area contributed by atoms with Crippen LogP contribution in [-0.4, -0.2) is 33.8 Å². The number of nitrogens with zero attached hydrogens (tertiary/aromatic N) is 1. The average Bonchev–Trinajstić information content (AvgIpc) is 3.11. The van der Waals surface area contributed by atoms with Gasteiger partial charge in [0.05, 0.1) is 4.90 Å². The summed E-state index contributed by atoms with van der Waals surface area (Å²) in [5.41, 5.74) is 4.13. The van der Waals surface area contributed by atoms with Gasteiger partial charge in [-0.1, -0.05) is 18.2 Å². The third kappa shape index (κ3) is 4.57. The van der Waals surface area contributed by atoms with Gasteiger partial charge in [0.1, 0.15) is 0 Å². The van der Waals surface area contributed by atoms with Crippen molar-refractivity contribution < 1.29 is 13.2 Å². The molecule has 1 N–H and O–H groups in total. The number of hydrogen-bond donors (Lipinski definition) is 1. The highest BCUT2D eigenvalue weighted by atomic mass is 32.2. The van der Waals surface area contributed by atoms with Gasteiger partial charge in [0.25, 0.3) is 0 Å². The number of aryl methyl sites for hydroxylation is 2. The Morgan fingerprint density at radius 1 is 1.15 bits per heavy atom. The lowest BCUT2D eigenvalue weighted by Crippen LogP contribution is -2.31. The number of Topliss-reactive ketones (excluding diaryl/α,β-unsaturated/α-hetero) is 1. The highest BCUT2D eigenvalue weighted by Crippen LogP contribution is 2.25.